The van der Waals surface area contributed by atoms with Crippen LogP contribution in [0.2, 0.25) is 0 Å². The minimum absolute atomic E-state index is 0.169. The molecule has 0 aliphatic carbocycles. The number of rotatable bonds is 6. The van der Waals surface area contributed by atoms with Gasteiger partial charge in [-0.3, -0.25) is 4.79 Å². The predicted octanol–water partition coefficient (Wildman–Crippen LogP) is 1.45. The zero-order valence-corrected chi connectivity index (χ0v) is 11.4. The molecule has 1 aromatic rings. The Morgan fingerprint density at radius 2 is 2.17 bits per heavy atom. The lowest BCUT2D eigenvalue weighted by molar-refractivity contribution is -0.140. The van der Waals surface area contributed by atoms with Crippen LogP contribution in [0.3, 0.4) is 0 Å². The molecule has 0 bridgehead atoms. The molecular weight excluding hydrogens is 228 g/mol. The van der Waals surface area contributed by atoms with Crippen LogP contribution in [0.25, 0.3) is 0 Å². The van der Waals surface area contributed by atoms with Crippen molar-refractivity contribution >= 4 is 5.97 Å². The van der Waals surface area contributed by atoms with Gasteiger partial charge in [0.2, 0.25) is 0 Å². The Morgan fingerprint density at radius 3 is 2.72 bits per heavy atom. The average Bonchev–Trinajstić information content (AvgIpc) is 2.38. The van der Waals surface area contributed by atoms with Crippen LogP contribution in [0.1, 0.15) is 23.1 Å². The van der Waals surface area contributed by atoms with E-state index in [9.17, 15) is 4.79 Å². The minimum Gasteiger partial charge on any atom is -0.469 e. The second-order valence-corrected chi connectivity index (χ2v) is 4.53. The Labute approximate surface area is 109 Å². The Morgan fingerprint density at radius 1 is 1.44 bits per heavy atom. The largest absolute Gasteiger partial charge is 0.469 e. The van der Waals surface area contributed by atoms with E-state index >= 15 is 0 Å². The zero-order valence-electron chi connectivity index (χ0n) is 11.4. The van der Waals surface area contributed by atoms with E-state index in [0.29, 0.717) is 19.5 Å². The van der Waals surface area contributed by atoms with Gasteiger partial charge in [0.1, 0.15) is 0 Å². The molecule has 100 valence electrons. The SMILES string of the molecule is COC(=O)CCN(C)Cc1ccc(CN)cc1C. The molecule has 0 heterocycles. The molecule has 0 aliphatic rings. The molecule has 0 fully saturated rings. The van der Waals surface area contributed by atoms with Crippen molar-refractivity contribution in [1.82, 2.24) is 4.90 Å². The normalized spacial score (nSPS) is 10.7. The van der Waals surface area contributed by atoms with Gasteiger partial charge in [-0.05, 0) is 30.7 Å². The van der Waals surface area contributed by atoms with E-state index in [0.717, 1.165) is 12.1 Å². The molecule has 0 aromatic heterocycles. The summed E-state index contributed by atoms with van der Waals surface area (Å²) in [6, 6.07) is 6.27. The van der Waals surface area contributed by atoms with Crippen LogP contribution in [0.4, 0.5) is 0 Å². The van der Waals surface area contributed by atoms with Crippen molar-refractivity contribution in [2.75, 3.05) is 20.7 Å². The van der Waals surface area contributed by atoms with E-state index in [-0.39, 0.29) is 5.97 Å². The lowest BCUT2D eigenvalue weighted by Gasteiger charge is -2.17. The van der Waals surface area contributed by atoms with E-state index in [1.807, 2.05) is 7.05 Å². The van der Waals surface area contributed by atoms with E-state index < -0.39 is 0 Å². The van der Waals surface area contributed by atoms with Crippen LogP contribution < -0.4 is 5.73 Å². The summed E-state index contributed by atoms with van der Waals surface area (Å²) < 4.78 is 4.63. The van der Waals surface area contributed by atoms with Crippen molar-refractivity contribution in [1.29, 1.82) is 0 Å². The van der Waals surface area contributed by atoms with Gasteiger partial charge in [-0.25, -0.2) is 0 Å². The molecule has 1 aromatic carbocycles. The van der Waals surface area contributed by atoms with E-state index in [2.05, 4.69) is 34.8 Å². The third kappa shape index (κ3) is 4.47. The first-order valence-electron chi connectivity index (χ1n) is 6.10. The molecule has 18 heavy (non-hydrogen) atoms. The number of methoxy groups -OCH3 is 1. The molecule has 0 saturated carbocycles. The minimum atomic E-state index is -0.169. The van der Waals surface area contributed by atoms with Crippen LogP contribution in [-0.2, 0) is 22.6 Å². The monoisotopic (exact) mass is 250 g/mol. The molecule has 0 radical (unpaired) electrons. The number of nitrogens with zero attached hydrogens (tertiary/aromatic N) is 1. The number of carbonyl (C=O) groups is 1. The predicted molar refractivity (Wildman–Crippen MR) is 72.0 cm³/mol. The van der Waals surface area contributed by atoms with Gasteiger partial charge in [-0.15, -0.1) is 0 Å². The van der Waals surface area contributed by atoms with E-state index in [1.54, 1.807) is 0 Å². The van der Waals surface area contributed by atoms with Gasteiger partial charge >= 0.3 is 5.97 Å². The molecule has 1 rings (SSSR count). The highest BCUT2D eigenvalue weighted by Gasteiger charge is 2.06. The van der Waals surface area contributed by atoms with Crippen molar-refractivity contribution in [3.05, 3.63) is 34.9 Å². The third-order valence-corrected chi connectivity index (χ3v) is 3.01. The number of hydrogen-bond donors (Lipinski definition) is 1. The molecule has 0 atom stereocenters. The quantitative estimate of drug-likeness (QED) is 0.776. The van der Waals surface area contributed by atoms with Gasteiger partial charge in [-0.2, -0.15) is 0 Å². The highest BCUT2D eigenvalue weighted by atomic mass is 16.5. The summed E-state index contributed by atoms with van der Waals surface area (Å²) in [7, 11) is 3.41. The summed E-state index contributed by atoms with van der Waals surface area (Å²) in [5, 5.41) is 0. The number of nitrogens with two attached hydrogens (primary N) is 1. The summed E-state index contributed by atoms with van der Waals surface area (Å²) >= 11 is 0. The van der Waals surface area contributed by atoms with Crippen molar-refractivity contribution in [2.45, 2.75) is 26.4 Å². The average molecular weight is 250 g/mol. The lowest BCUT2D eigenvalue weighted by atomic mass is 10.0. The smallest absolute Gasteiger partial charge is 0.306 e. The first-order valence-corrected chi connectivity index (χ1v) is 6.10. The standard InChI is InChI=1S/C14H22N2O2/c1-11-8-12(9-15)4-5-13(11)10-16(2)7-6-14(17)18-3/h4-5,8H,6-7,9-10,15H2,1-3H3. The van der Waals surface area contributed by atoms with Gasteiger partial charge in [0, 0.05) is 19.6 Å². The maximum Gasteiger partial charge on any atom is 0.306 e. The highest BCUT2D eigenvalue weighted by Crippen LogP contribution is 2.13. The topological polar surface area (TPSA) is 55.6 Å². The van der Waals surface area contributed by atoms with Gasteiger partial charge in [0.05, 0.1) is 13.5 Å². The molecule has 4 heteroatoms. The first-order chi connectivity index (χ1) is 8.56. The van der Waals surface area contributed by atoms with Crippen molar-refractivity contribution in [3.63, 3.8) is 0 Å². The Hall–Kier alpha value is -1.39. The molecule has 0 amide bonds. The number of hydrogen-bond acceptors (Lipinski definition) is 4. The second kappa shape index (κ2) is 7.13. The van der Waals surface area contributed by atoms with Gasteiger partial charge in [0.15, 0.2) is 0 Å². The van der Waals surface area contributed by atoms with Crippen LogP contribution >= 0.6 is 0 Å². The maximum atomic E-state index is 11.1. The van der Waals surface area contributed by atoms with Crippen LogP contribution in [0, 0.1) is 6.92 Å². The van der Waals surface area contributed by atoms with Crippen LogP contribution in [0.5, 0.6) is 0 Å². The number of carbonyl (C=O) groups excluding carboxylic acids is 1. The Kier molecular flexibility index (Phi) is 5.82. The number of ether oxygens (including phenoxy) is 1. The summed E-state index contributed by atoms with van der Waals surface area (Å²) in [6.45, 7) is 4.18. The summed E-state index contributed by atoms with van der Waals surface area (Å²) in [5.74, 6) is -0.169. The first kappa shape index (κ1) is 14.7. The van der Waals surface area contributed by atoms with E-state index in [1.165, 1.54) is 18.2 Å². The molecule has 0 spiro atoms. The molecule has 4 nitrogen and oxygen atoms in total. The second-order valence-electron chi connectivity index (χ2n) is 4.53. The number of aryl methyl sites for hydroxylation is 1. The summed E-state index contributed by atoms with van der Waals surface area (Å²) in [5.41, 5.74) is 9.25. The fourth-order valence-corrected chi connectivity index (χ4v) is 1.82. The van der Waals surface area contributed by atoms with Crippen LogP contribution in [0.15, 0.2) is 18.2 Å². The fourth-order valence-electron chi connectivity index (χ4n) is 1.82. The van der Waals surface area contributed by atoms with Crippen molar-refractivity contribution < 1.29 is 9.53 Å². The van der Waals surface area contributed by atoms with Gasteiger partial charge in [0.25, 0.3) is 0 Å². The third-order valence-electron chi connectivity index (χ3n) is 3.01. The zero-order chi connectivity index (χ0) is 13.5. The Bertz CT molecular complexity index is 405. The molecule has 0 saturated heterocycles. The van der Waals surface area contributed by atoms with Gasteiger partial charge in [-0.1, -0.05) is 18.2 Å². The van der Waals surface area contributed by atoms with Gasteiger partial charge < -0.3 is 15.4 Å². The van der Waals surface area contributed by atoms with E-state index in [4.69, 9.17) is 5.73 Å². The summed E-state index contributed by atoms with van der Waals surface area (Å²) in [6.07, 6.45) is 0.424. The number of benzene rings is 1. The maximum absolute atomic E-state index is 11.1. The molecule has 2 N–H and O–H groups in total. The van der Waals surface area contributed by atoms with Crippen LogP contribution in [-0.4, -0.2) is 31.6 Å². The molecule has 0 aliphatic heterocycles. The fraction of sp³-hybridized carbons (Fsp3) is 0.500. The number of esters is 1. The highest BCUT2D eigenvalue weighted by molar-refractivity contribution is 5.69. The molecular formula is C14H22N2O2. The van der Waals surface area contributed by atoms with Crippen molar-refractivity contribution in [3.8, 4) is 0 Å². The lowest BCUT2D eigenvalue weighted by Crippen LogP contribution is -2.22. The summed E-state index contributed by atoms with van der Waals surface area (Å²) in [4.78, 5) is 13.2. The van der Waals surface area contributed by atoms with Crippen molar-refractivity contribution in [2.24, 2.45) is 5.73 Å². The Balaban J connectivity index is 2.53. The molecule has 0 unspecified atom stereocenters.